The van der Waals surface area contributed by atoms with Crippen LogP contribution < -0.4 is 0 Å². The van der Waals surface area contributed by atoms with Gasteiger partial charge >= 0.3 is 33.0 Å². The fourth-order valence-corrected chi connectivity index (χ4v) is 2.59. The third kappa shape index (κ3) is 6.34. The van der Waals surface area contributed by atoms with Crippen molar-refractivity contribution in [2.45, 2.75) is 44.2 Å². The quantitative estimate of drug-likeness (QED) is 0.448. The number of hydrogen-bond donors (Lipinski definition) is 0. The Morgan fingerprint density at radius 1 is 0.917 bits per heavy atom. The predicted octanol–water partition coefficient (Wildman–Crippen LogP) is 3.30. The molecule has 0 amide bonds. The monoisotopic (exact) mass is 513 g/mol. The number of benzene rings is 1. The number of ether oxygens (including phenoxy) is 2. The molecule has 0 radical (unpaired) electrons. The fraction of sp³-hybridized carbons (Fsp3) is 0.529. The summed E-state index contributed by atoms with van der Waals surface area (Å²) in [5, 5.41) is 0. The molecular formula is C17H22N2O4Pt. The van der Waals surface area contributed by atoms with Gasteiger partial charge in [0.2, 0.25) is 6.79 Å². The number of rotatable bonds is 2. The van der Waals surface area contributed by atoms with Gasteiger partial charge in [-0.15, -0.1) is 0 Å². The Kier molecular flexibility index (Phi) is 9.19. The second-order valence-corrected chi connectivity index (χ2v) is 5.78. The first kappa shape index (κ1) is 20.8. The summed E-state index contributed by atoms with van der Waals surface area (Å²) in [4.78, 5) is 22.6. The van der Waals surface area contributed by atoms with Crippen molar-refractivity contribution in [2.24, 2.45) is 5.92 Å². The Hall–Kier alpha value is -1.23. The molecule has 1 aromatic carbocycles. The van der Waals surface area contributed by atoms with Gasteiger partial charge in [-0.25, -0.2) is 0 Å². The van der Waals surface area contributed by atoms with Crippen molar-refractivity contribution in [1.29, 1.82) is 0 Å². The smallest absolute Gasteiger partial charge is 0.676 e. The molecule has 24 heavy (non-hydrogen) atoms. The molecule has 6 nitrogen and oxygen atoms in total. The summed E-state index contributed by atoms with van der Waals surface area (Å²) in [5.74, 6) is -1.83. The van der Waals surface area contributed by atoms with Crippen LogP contribution in [0.15, 0.2) is 30.3 Å². The van der Waals surface area contributed by atoms with E-state index in [1.807, 2.05) is 30.3 Å². The molecule has 1 saturated carbocycles. The third-order valence-electron chi connectivity index (χ3n) is 4.02. The first-order chi connectivity index (χ1) is 11.1. The number of nitrogens with one attached hydrogen (secondary N) is 2. The number of hydrogen-bond acceptors (Lipinski definition) is 4. The molecule has 0 unspecified atom stereocenters. The van der Waals surface area contributed by atoms with Crippen molar-refractivity contribution in [3.8, 4) is 0 Å². The zero-order valence-corrected chi connectivity index (χ0v) is 15.6. The molecule has 1 saturated heterocycles. The molecule has 1 aromatic rings. The molecule has 2 aliphatic rings. The van der Waals surface area contributed by atoms with Crippen molar-refractivity contribution in [3.63, 3.8) is 0 Å². The van der Waals surface area contributed by atoms with Gasteiger partial charge in [0.05, 0.1) is 0 Å². The summed E-state index contributed by atoms with van der Waals surface area (Å²) >= 11 is 0. The summed E-state index contributed by atoms with van der Waals surface area (Å²) in [7, 11) is 0. The fourth-order valence-electron chi connectivity index (χ4n) is 2.59. The first-order valence-electron chi connectivity index (χ1n) is 7.87. The summed E-state index contributed by atoms with van der Waals surface area (Å²) in [6.07, 6.45) is 4.58. The van der Waals surface area contributed by atoms with Gasteiger partial charge in [-0.1, -0.05) is 56.0 Å². The minimum absolute atomic E-state index is 0. The molecule has 1 aliphatic carbocycles. The van der Waals surface area contributed by atoms with E-state index in [9.17, 15) is 9.59 Å². The van der Waals surface area contributed by atoms with E-state index in [2.05, 4.69) is 9.47 Å². The molecule has 2 fully saturated rings. The molecule has 1 heterocycles. The van der Waals surface area contributed by atoms with Crippen LogP contribution in [0.2, 0.25) is 0 Å². The van der Waals surface area contributed by atoms with Crippen LogP contribution in [0.5, 0.6) is 0 Å². The summed E-state index contributed by atoms with van der Waals surface area (Å²) < 4.78 is 9.30. The van der Waals surface area contributed by atoms with E-state index in [-0.39, 0.29) is 39.9 Å². The predicted molar refractivity (Wildman–Crippen MR) is 85.4 cm³/mol. The van der Waals surface area contributed by atoms with E-state index in [1.54, 1.807) is 0 Å². The topological polar surface area (TPSA) is 100 Å². The Labute approximate surface area is 156 Å². The van der Waals surface area contributed by atoms with Gasteiger partial charge in [0, 0.05) is 0 Å². The summed E-state index contributed by atoms with van der Waals surface area (Å²) in [5.41, 5.74) is 15.5. The number of carbonyl (C=O) groups is 2. The van der Waals surface area contributed by atoms with Crippen LogP contribution in [0.4, 0.5) is 0 Å². The van der Waals surface area contributed by atoms with Gasteiger partial charge in [0.15, 0.2) is 5.92 Å². The largest absolute Gasteiger partial charge is 2.00 e. The SMILES string of the molecule is O=C1OCOC(=O)C1Cc1ccccc1.[NH-][C@@H]1CCCC[C@H]1[NH-].[Pt+2]. The average molecular weight is 513 g/mol. The van der Waals surface area contributed by atoms with E-state index in [0.717, 1.165) is 18.4 Å². The molecule has 134 valence electrons. The maximum atomic E-state index is 11.3. The van der Waals surface area contributed by atoms with Gasteiger partial charge in [0.25, 0.3) is 0 Å². The maximum absolute atomic E-state index is 11.3. The van der Waals surface area contributed by atoms with Crippen molar-refractivity contribution >= 4 is 11.9 Å². The molecule has 7 heteroatoms. The maximum Gasteiger partial charge on any atom is 2.00 e. The Morgan fingerprint density at radius 2 is 1.42 bits per heavy atom. The van der Waals surface area contributed by atoms with Crippen molar-refractivity contribution in [1.82, 2.24) is 0 Å². The van der Waals surface area contributed by atoms with Crippen molar-refractivity contribution in [3.05, 3.63) is 47.4 Å². The van der Waals surface area contributed by atoms with Crippen LogP contribution in [0.3, 0.4) is 0 Å². The van der Waals surface area contributed by atoms with Crippen LogP contribution in [-0.4, -0.2) is 30.8 Å². The average Bonchev–Trinajstić information content (AvgIpc) is 2.56. The van der Waals surface area contributed by atoms with E-state index < -0.39 is 17.9 Å². The second kappa shape index (κ2) is 10.6. The Balaban J connectivity index is 0.000000273. The van der Waals surface area contributed by atoms with E-state index in [4.69, 9.17) is 11.5 Å². The van der Waals surface area contributed by atoms with Crippen molar-refractivity contribution < 1.29 is 40.1 Å². The third-order valence-corrected chi connectivity index (χ3v) is 4.02. The first-order valence-corrected chi connectivity index (χ1v) is 7.87. The molecule has 1 aliphatic heterocycles. The normalized spacial score (nSPS) is 23.9. The molecular weight excluding hydrogens is 491 g/mol. The number of esters is 2. The van der Waals surface area contributed by atoms with Crippen LogP contribution in [0.25, 0.3) is 11.5 Å². The minimum atomic E-state index is -0.818. The number of carbonyl (C=O) groups excluding carboxylic acids is 2. The molecule has 0 spiro atoms. The molecule has 0 bridgehead atoms. The molecule has 0 aromatic heterocycles. The van der Waals surface area contributed by atoms with Crippen LogP contribution >= 0.6 is 0 Å². The van der Waals surface area contributed by atoms with Gasteiger partial charge in [-0.3, -0.25) is 9.59 Å². The Morgan fingerprint density at radius 3 is 1.88 bits per heavy atom. The molecule has 3 rings (SSSR count). The van der Waals surface area contributed by atoms with Gasteiger partial charge < -0.3 is 20.9 Å². The van der Waals surface area contributed by atoms with Gasteiger partial charge in [-0.05, 0) is 12.0 Å². The Bertz CT molecular complexity index is 501. The summed E-state index contributed by atoms with van der Waals surface area (Å²) in [6, 6.07) is 9.14. The zero-order valence-electron chi connectivity index (χ0n) is 13.3. The van der Waals surface area contributed by atoms with E-state index in [1.165, 1.54) is 12.8 Å². The van der Waals surface area contributed by atoms with Crippen LogP contribution in [0, 0.1) is 5.92 Å². The van der Waals surface area contributed by atoms with Crippen molar-refractivity contribution in [2.75, 3.05) is 6.79 Å². The minimum Gasteiger partial charge on any atom is -0.676 e. The second-order valence-electron chi connectivity index (χ2n) is 5.78. The van der Waals surface area contributed by atoms with E-state index >= 15 is 0 Å². The van der Waals surface area contributed by atoms with Gasteiger partial charge in [-0.2, -0.15) is 12.1 Å². The van der Waals surface area contributed by atoms with Crippen LogP contribution in [0.1, 0.15) is 31.2 Å². The summed E-state index contributed by atoms with van der Waals surface area (Å²) in [6.45, 7) is -0.261. The van der Waals surface area contributed by atoms with Crippen LogP contribution in [-0.2, 0) is 46.5 Å². The standard InChI is InChI=1S/C11H10O4.C6H12N2.Pt/c12-10-9(11(13)15-7-14-10)6-8-4-2-1-3-5-8;7-5-3-1-2-4-6(5)8;/h1-5,9H,6-7H2;5-8H,1-4H2;/q;-2;+2/t;5-,6-;/m.1./s1. The molecule has 2 N–H and O–H groups in total. The van der Waals surface area contributed by atoms with E-state index in [0.29, 0.717) is 6.42 Å². The number of cyclic esters (lactones) is 2. The zero-order chi connectivity index (χ0) is 16.7. The van der Waals surface area contributed by atoms with Gasteiger partial charge in [0.1, 0.15) is 0 Å². The molecule has 2 atom stereocenters.